The summed E-state index contributed by atoms with van der Waals surface area (Å²) in [6, 6.07) is -0.523. The topological polar surface area (TPSA) is 81.9 Å². The van der Waals surface area contributed by atoms with Crippen molar-refractivity contribution in [3.63, 3.8) is 0 Å². The molecule has 0 fully saturated rings. The van der Waals surface area contributed by atoms with Crippen molar-refractivity contribution in [1.82, 2.24) is 4.90 Å². The van der Waals surface area contributed by atoms with Gasteiger partial charge >= 0.3 is 5.97 Å². The fourth-order valence-corrected chi connectivity index (χ4v) is 1.26. The summed E-state index contributed by atoms with van der Waals surface area (Å²) in [6.07, 6.45) is -0.171. The van der Waals surface area contributed by atoms with E-state index in [2.05, 4.69) is 0 Å². The molecule has 100 valence electrons. The molecule has 1 amide bonds. The molecular formula is C11H22N2O4. The molecule has 0 aromatic heterocycles. The molecule has 0 aliphatic heterocycles. The normalized spacial score (nSPS) is 12.8. The predicted molar refractivity (Wildman–Crippen MR) is 63.3 cm³/mol. The van der Waals surface area contributed by atoms with Crippen molar-refractivity contribution in [2.24, 2.45) is 5.73 Å². The van der Waals surface area contributed by atoms with Crippen LogP contribution in [0.5, 0.6) is 0 Å². The van der Waals surface area contributed by atoms with E-state index in [-0.39, 0.29) is 18.6 Å². The van der Waals surface area contributed by atoms with Crippen molar-refractivity contribution in [1.29, 1.82) is 0 Å². The maximum Gasteiger partial charge on any atom is 0.320 e. The van der Waals surface area contributed by atoms with Crippen molar-refractivity contribution < 1.29 is 19.1 Å². The van der Waals surface area contributed by atoms with Crippen LogP contribution >= 0.6 is 0 Å². The maximum absolute atomic E-state index is 11.5. The lowest BCUT2D eigenvalue weighted by Crippen LogP contribution is -2.47. The Bertz CT molecular complexity index is 256. The number of esters is 1. The van der Waals surface area contributed by atoms with Gasteiger partial charge in [-0.3, -0.25) is 14.5 Å². The summed E-state index contributed by atoms with van der Waals surface area (Å²) < 4.78 is 9.94. The van der Waals surface area contributed by atoms with E-state index < -0.39 is 11.9 Å². The molecule has 0 heterocycles. The monoisotopic (exact) mass is 246 g/mol. The van der Waals surface area contributed by atoms with Crippen molar-refractivity contribution in [3.8, 4) is 0 Å². The fourth-order valence-electron chi connectivity index (χ4n) is 1.26. The van der Waals surface area contributed by atoms with Crippen LogP contribution in [-0.2, 0) is 19.1 Å². The maximum atomic E-state index is 11.5. The number of carbonyl (C=O) groups excluding carboxylic acids is 2. The van der Waals surface area contributed by atoms with E-state index in [4.69, 9.17) is 15.2 Å². The Hall–Kier alpha value is -1.14. The van der Waals surface area contributed by atoms with Gasteiger partial charge in [0.25, 0.3) is 0 Å². The van der Waals surface area contributed by atoms with Crippen LogP contribution in [0.4, 0.5) is 0 Å². The third-order valence-electron chi connectivity index (χ3n) is 2.24. The summed E-state index contributed by atoms with van der Waals surface area (Å²) in [5.41, 5.74) is 5.21. The smallest absolute Gasteiger partial charge is 0.320 e. The number of ether oxygens (including phenoxy) is 2. The van der Waals surface area contributed by atoms with Crippen molar-refractivity contribution in [2.45, 2.75) is 32.9 Å². The second kappa shape index (κ2) is 8.03. The van der Waals surface area contributed by atoms with E-state index in [1.807, 2.05) is 0 Å². The lowest BCUT2D eigenvalue weighted by atomic mass is 10.2. The predicted octanol–water partition coefficient (Wildman–Crippen LogP) is -0.240. The largest absolute Gasteiger partial charge is 0.462 e. The van der Waals surface area contributed by atoms with Crippen molar-refractivity contribution in [2.75, 3.05) is 26.8 Å². The van der Waals surface area contributed by atoms with Gasteiger partial charge in [0.05, 0.1) is 25.3 Å². The van der Waals surface area contributed by atoms with Gasteiger partial charge in [-0.2, -0.15) is 0 Å². The molecule has 0 saturated heterocycles. The summed E-state index contributed by atoms with van der Waals surface area (Å²) in [5, 5.41) is 0. The van der Waals surface area contributed by atoms with Gasteiger partial charge < -0.3 is 15.2 Å². The van der Waals surface area contributed by atoms with E-state index >= 15 is 0 Å². The molecular weight excluding hydrogens is 224 g/mol. The van der Waals surface area contributed by atoms with Gasteiger partial charge in [0.1, 0.15) is 0 Å². The molecule has 2 N–H and O–H groups in total. The molecule has 17 heavy (non-hydrogen) atoms. The molecule has 0 radical (unpaired) electrons. The second-order valence-electron chi connectivity index (χ2n) is 4.08. The number of hydrogen-bond acceptors (Lipinski definition) is 5. The number of nitrogens with two attached hydrogens (primary N) is 1. The van der Waals surface area contributed by atoms with Gasteiger partial charge in [-0.15, -0.1) is 0 Å². The van der Waals surface area contributed by atoms with E-state index in [0.29, 0.717) is 13.2 Å². The Morgan fingerprint density at radius 2 is 1.88 bits per heavy atom. The molecule has 0 aromatic rings. The zero-order chi connectivity index (χ0) is 13.4. The number of hydrogen-bond donors (Lipinski definition) is 1. The number of primary amides is 1. The lowest BCUT2D eigenvalue weighted by Gasteiger charge is -2.25. The Kier molecular flexibility index (Phi) is 7.49. The molecule has 0 aliphatic rings. The molecule has 0 rings (SSSR count). The van der Waals surface area contributed by atoms with Gasteiger partial charge in [-0.1, -0.05) is 0 Å². The van der Waals surface area contributed by atoms with E-state index in [1.165, 1.54) is 0 Å². The fraction of sp³-hybridized carbons (Fsp3) is 0.818. The van der Waals surface area contributed by atoms with Crippen LogP contribution < -0.4 is 5.73 Å². The molecule has 0 aromatic carbocycles. The molecule has 1 unspecified atom stereocenters. The van der Waals surface area contributed by atoms with Crippen LogP contribution in [0, 0.1) is 0 Å². The van der Waals surface area contributed by atoms with Crippen molar-refractivity contribution >= 4 is 11.9 Å². The molecule has 0 bridgehead atoms. The highest BCUT2D eigenvalue weighted by Crippen LogP contribution is 2.00. The quantitative estimate of drug-likeness (QED) is 0.598. The second-order valence-corrected chi connectivity index (χ2v) is 4.08. The van der Waals surface area contributed by atoms with E-state index in [1.54, 1.807) is 32.8 Å². The third-order valence-corrected chi connectivity index (χ3v) is 2.24. The van der Waals surface area contributed by atoms with E-state index in [0.717, 1.165) is 0 Å². The Balaban J connectivity index is 4.37. The summed E-state index contributed by atoms with van der Waals surface area (Å²) in [5.74, 6) is -0.845. The Morgan fingerprint density at radius 3 is 2.29 bits per heavy atom. The van der Waals surface area contributed by atoms with Gasteiger partial charge in [0.2, 0.25) is 5.91 Å². The minimum Gasteiger partial charge on any atom is -0.462 e. The average Bonchev–Trinajstić information content (AvgIpc) is 2.21. The lowest BCUT2D eigenvalue weighted by molar-refractivity contribution is -0.149. The number of nitrogens with zero attached hydrogens (tertiary/aromatic N) is 1. The van der Waals surface area contributed by atoms with Crippen LogP contribution in [0.25, 0.3) is 0 Å². The summed E-state index contributed by atoms with van der Waals surface area (Å²) >= 11 is 0. The SMILES string of the molecule is COCCN(CC(=O)OC(C)C)C(C)C(N)=O. The summed E-state index contributed by atoms with van der Waals surface area (Å²) in [7, 11) is 1.56. The number of rotatable bonds is 8. The first-order valence-corrected chi connectivity index (χ1v) is 5.60. The number of carbonyl (C=O) groups is 2. The van der Waals surface area contributed by atoms with Gasteiger partial charge in [0.15, 0.2) is 0 Å². The molecule has 6 nitrogen and oxygen atoms in total. The first kappa shape index (κ1) is 15.9. The number of amides is 1. The Morgan fingerprint density at radius 1 is 1.29 bits per heavy atom. The molecule has 0 spiro atoms. The van der Waals surface area contributed by atoms with Crippen LogP contribution in [-0.4, -0.2) is 55.7 Å². The highest BCUT2D eigenvalue weighted by atomic mass is 16.5. The van der Waals surface area contributed by atoms with Gasteiger partial charge in [0, 0.05) is 13.7 Å². The minimum absolute atomic E-state index is 0.0334. The van der Waals surface area contributed by atoms with Crippen LogP contribution in [0.3, 0.4) is 0 Å². The van der Waals surface area contributed by atoms with E-state index in [9.17, 15) is 9.59 Å². The Labute approximate surface area is 102 Å². The summed E-state index contributed by atoms with van der Waals surface area (Å²) in [4.78, 5) is 24.2. The van der Waals surface area contributed by atoms with Gasteiger partial charge in [-0.05, 0) is 20.8 Å². The van der Waals surface area contributed by atoms with Crippen molar-refractivity contribution in [3.05, 3.63) is 0 Å². The zero-order valence-corrected chi connectivity index (χ0v) is 10.9. The van der Waals surface area contributed by atoms with Crippen LogP contribution in [0.15, 0.2) is 0 Å². The molecule has 0 saturated carbocycles. The van der Waals surface area contributed by atoms with Crippen LogP contribution in [0.2, 0.25) is 0 Å². The highest BCUT2D eigenvalue weighted by Gasteiger charge is 2.22. The standard InChI is InChI=1S/C11H22N2O4/c1-8(2)17-10(14)7-13(5-6-16-4)9(3)11(12)15/h8-9H,5-7H2,1-4H3,(H2,12,15). The average molecular weight is 246 g/mol. The highest BCUT2D eigenvalue weighted by molar-refractivity contribution is 5.80. The third kappa shape index (κ3) is 6.91. The first-order valence-electron chi connectivity index (χ1n) is 5.60. The zero-order valence-electron chi connectivity index (χ0n) is 10.9. The molecule has 0 aliphatic carbocycles. The van der Waals surface area contributed by atoms with Gasteiger partial charge in [-0.25, -0.2) is 0 Å². The number of methoxy groups -OCH3 is 1. The molecule has 6 heteroatoms. The van der Waals surface area contributed by atoms with Crippen LogP contribution in [0.1, 0.15) is 20.8 Å². The minimum atomic E-state index is -0.523. The first-order chi connectivity index (χ1) is 7.88. The molecule has 1 atom stereocenters. The summed E-state index contributed by atoms with van der Waals surface area (Å²) in [6.45, 7) is 6.11.